The van der Waals surface area contributed by atoms with Crippen LogP contribution in [0.3, 0.4) is 0 Å². The molecule has 88 valence electrons. The largest absolute Gasteiger partial charge is 0.665 e. The molecule has 0 radical (unpaired) electrons. The number of rotatable bonds is 0. The Morgan fingerprint density at radius 1 is 0.750 bits per heavy atom. The average Bonchev–Trinajstić information content (AvgIpc) is 2.35. The Balaban J connectivity index is 0. The van der Waals surface area contributed by atoms with Crippen LogP contribution in [0.2, 0.25) is 0 Å². The van der Waals surface area contributed by atoms with Gasteiger partial charge >= 0.3 is 0 Å². The van der Waals surface area contributed by atoms with E-state index in [1.807, 2.05) is 60.7 Å². The van der Waals surface area contributed by atoms with Gasteiger partial charge in [-0.15, -0.1) is 0 Å². The van der Waals surface area contributed by atoms with E-state index < -0.39 is 0 Å². The van der Waals surface area contributed by atoms with Crippen LogP contribution in [0.1, 0.15) is 0 Å². The van der Waals surface area contributed by atoms with Gasteiger partial charge in [-0.3, -0.25) is 0 Å². The molecule has 0 spiro atoms. The first-order valence-electron chi connectivity index (χ1n) is 4.25. The van der Waals surface area contributed by atoms with Crippen LogP contribution < -0.4 is 0 Å². The molecule has 2 rings (SSSR count). The normalized spacial score (nSPS) is 6.75. The van der Waals surface area contributed by atoms with Crippen molar-refractivity contribution in [3.63, 3.8) is 0 Å². The van der Waals surface area contributed by atoms with Gasteiger partial charge in [-0.05, 0) is 0 Å². The van der Waals surface area contributed by atoms with Crippen LogP contribution in [0.4, 0.5) is 0 Å². The van der Waals surface area contributed by atoms with Gasteiger partial charge < -0.3 is 9.90 Å². The molecule has 0 bridgehead atoms. The van der Waals surface area contributed by atoms with Crippen molar-refractivity contribution >= 4 is 6.47 Å². The van der Waals surface area contributed by atoms with E-state index in [1.54, 1.807) is 0 Å². The summed E-state index contributed by atoms with van der Waals surface area (Å²) in [6.45, 7) is 0.500. The van der Waals surface area contributed by atoms with Crippen molar-refractivity contribution in [3.05, 3.63) is 72.8 Å². The molecule has 0 aliphatic rings. The summed E-state index contributed by atoms with van der Waals surface area (Å²) >= 11 is 0. The molecule has 3 heteroatoms. The van der Waals surface area contributed by atoms with Crippen LogP contribution in [0.5, 0.6) is 0 Å². The van der Waals surface area contributed by atoms with E-state index in [2.05, 4.69) is 12.1 Å². The first-order valence-corrected chi connectivity index (χ1v) is 4.25. The van der Waals surface area contributed by atoms with Gasteiger partial charge in [0.25, 0.3) is 0 Å². The zero-order valence-corrected chi connectivity index (χ0v) is 10.7. The molecule has 0 atom stereocenters. The zero-order chi connectivity index (χ0) is 11.2. The van der Waals surface area contributed by atoms with Gasteiger partial charge in [-0.25, -0.2) is 0 Å². The topological polar surface area (TPSA) is 37.3 Å². The average molecular weight is 394 g/mol. The van der Waals surface area contributed by atoms with Crippen LogP contribution in [0, 0.1) is 12.1 Å². The summed E-state index contributed by atoms with van der Waals surface area (Å²) in [5.74, 6) is 0. The smallest absolute Gasteiger partial charge is 0 e. The SMILES string of the molecule is O=[C-]O.[Pt].[c-]1ccccc1.[c-]1ccccc1. The third-order valence-electron chi connectivity index (χ3n) is 1.21. The number of benzene rings is 2. The van der Waals surface area contributed by atoms with Gasteiger partial charge in [0.2, 0.25) is 0 Å². The Morgan fingerprint density at radius 3 is 1.06 bits per heavy atom. The second-order valence-corrected chi connectivity index (χ2v) is 2.25. The van der Waals surface area contributed by atoms with E-state index in [9.17, 15) is 0 Å². The first-order chi connectivity index (χ1) is 7.41. The van der Waals surface area contributed by atoms with Gasteiger partial charge in [0.15, 0.2) is 0 Å². The predicted molar refractivity (Wildman–Crippen MR) is 58.9 cm³/mol. The molecule has 0 aliphatic carbocycles. The van der Waals surface area contributed by atoms with Gasteiger partial charge in [-0.1, -0.05) is 6.47 Å². The fraction of sp³-hybridized carbons (Fsp3) is 0. The summed E-state index contributed by atoms with van der Waals surface area (Å²) in [5.41, 5.74) is 0. The molecule has 2 aromatic rings. The third kappa shape index (κ3) is 15.1. The summed E-state index contributed by atoms with van der Waals surface area (Å²) in [4.78, 5) is 8.24. The maximum Gasteiger partial charge on any atom is 0 e. The van der Waals surface area contributed by atoms with Crippen molar-refractivity contribution in [1.82, 2.24) is 0 Å². The minimum Gasteiger partial charge on any atom is -0.665 e. The number of hydrogen-bond donors (Lipinski definition) is 1. The molecule has 0 aromatic heterocycles. The van der Waals surface area contributed by atoms with E-state index in [0.29, 0.717) is 6.47 Å². The van der Waals surface area contributed by atoms with E-state index >= 15 is 0 Å². The standard InChI is InChI=1S/2C6H5.CHO2.Pt/c2*1-2-4-6-5-3-1;2-1-3;/h2*1-5H;(H,2,3);/q3*-1;. The van der Waals surface area contributed by atoms with Crippen molar-refractivity contribution in [3.8, 4) is 0 Å². The van der Waals surface area contributed by atoms with Crippen LogP contribution in [0.25, 0.3) is 0 Å². The summed E-state index contributed by atoms with van der Waals surface area (Å²) in [5, 5.41) is 6.76. The minimum absolute atomic E-state index is 0. The molecule has 0 unspecified atom stereocenters. The molecule has 0 fully saturated rings. The van der Waals surface area contributed by atoms with E-state index in [0.717, 1.165) is 0 Å². The van der Waals surface area contributed by atoms with Crippen LogP contribution in [-0.4, -0.2) is 11.6 Å². The molecule has 2 aromatic carbocycles. The quantitative estimate of drug-likeness (QED) is 0.698. The van der Waals surface area contributed by atoms with E-state index in [1.165, 1.54) is 0 Å². The fourth-order valence-corrected chi connectivity index (χ4v) is 0.684. The monoisotopic (exact) mass is 394 g/mol. The summed E-state index contributed by atoms with van der Waals surface area (Å²) in [7, 11) is 0. The molecule has 0 aliphatic heterocycles. The second-order valence-electron chi connectivity index (χ2n) is 2.25. The van der Waals surface area contributed by atoms with Crippen molar-refractivity contribution in [1.29, 1.82) is 0 Å². The summed E-state index contributed by atoms with van der Waals surface area (Å²) in [6.07, 6.45) is 0. The Hall–Kier alpha value is -1.40. The van der Waals surface area contributed by atoms with Gasteiger partial charge in [0.05, 0.1) is 0 Å². The predicted octanol–water partition coefficient (Wildman–Crippen LogP) is 2.58. The summed E-state index contributed by atoms with van der Waals surface area (Å²) < 4.78 is 0. The fourth-order valence-electron chi connectivity index (χ4n) is 0.684. The van der Waals surface area contributed by atoms with E-state index in [-0.39, 0.29) is 21.1 Å². The van der Waals surface area contributed by atoms with Gasteiger partial charge in [0.1, 0.15) is 0 Å². The second kappa shape index (κ2) is 16.0. The minimum atomic E-state index is 0. The summed E-state index contributed by atoms with van der Waals surface area (Å²) in [6, 6.07) is 25.0. The zero-order valence-electron chi connectivity index (χ0n) is 8.45. The molecular formula is C13H11O2Pt-3. The van der Waals surface area contributed by atoms with Crippen LogP contribution in [0.15, 0.2) is 60.7 Å². The van der Waals surface area contributed by atoms with Crippen molar-refractivity contribution < 1.29 is 31.0 Å². The molecule has 0 saturated carbocycles. The van der Waals surface area contributed by atoms with Crippen LogP contribution in [-0.2, 0) is 25.9 Å². The van der Waals surface area contributed by atoms with Crippen molar-refractivity contribution in [2.45, 2.75) is 0 Å². The molecule has 0 heterocycles. The Labute approximate surface area is 110 Å². The van der Waals surface area contributed by atoms with Crippen molar-refractivity contribution in [2.24, 2.45) is 0 Å². The Kier molecular flexibility index (Phi) is 17.1. The van der Waals surface area contributed by atoms with Gasteiger partial charge in [-0.2, -0.15) is 72.8 Å². The van der Waals surface area contributed by atoms with E-state index in [4.69, 9.17) is 9.90 Å². The number of hydrogen-bond acceptors (Lipinski definition) is 1. The Morgan fingerprint density at radius 2 is 1.00 bits per heavy atom. The van der Waals surface area contributed by atoms with Crippen LogP contribution >= 0.6 is 0 Å². The first kappa shape index (κ1) is 17.0. The number of aliphatic hydroxyl groups excluding tert-OH is 1. The van der Waals surface area contributed by atoms with Gasteiger partial charge in [0, 0.05) is 21.1 Å². The van der Waals surface area contributed by atoms with Crippen molar-refractivity contribution in [2.75, 3.05) is 0 Å². The molecule has 16 heavy (non-hydrogen) atoms. The third-order valence-corrected chi connectivity index (χ3v) is 1.21. The Bertz CT molecular complexity index is 226. The molecular weight excluding hydrogens is 383 g/mol. The molecule has 0 saturated heterocycles. The molecule has 2 nitrogen and oxygen atoms in total. The molecule has 0 amide bonds. The molecule has 1 N–H and O–H groups in total. The maximum absolute atomic E-state index is 8.24. The maximum atomic E-state index is 8.24.